The monoisotopic (exact) mass is 275 g/mol. The number of benzene rings is 1. The Kier molecular flexibility index (Phi) is 4.09. The van der Waals surface area contributed by atoms with E-state index in [1.165, 1.54) is 11.3 Å². The predicted molar refractivity (Wildman–Crippen MR) is 73.3 cm³/mol. The van der Waals surface area contributed by atoms with Crippen molar-refractivity contribution in [2.45, 2.75) is 13.2 Å². The molecule has 5 heteroatoms. The predicted octanol–water partition coefficient (Wildman–Crippen LogP) is 1.99. The second-order valence-electron chi connectivity index (χ2n) is 4.08. The van der Waals surface area contributed by atoms with Crippen molar-refractivity contribution >= 4 is 23.0 Å². The van der Waals surface area contributed by atoms with E-state index in [-0.39, 0.29) is 0 Å². The van der Waals surface area contributed by atoms with Crippen LogP contribution >= 0.6 is 11.3 Å². The van der Waals surface area contributed by atoms with Gasteiger partial charge in [0.2, 0.25) is 5.78 Å². The second kappa shape index (κ2) is 5.77. The van der Waals surface area contributed by atoms with Crippen molar-refractivity contribution in [3.05, 3.63) is 57.8 Å². The van der Waals surface area contributed by atoms with Crippen molar-refractivity contribution in [2.24, 2.45) is 0 Å². The number of aryl methyl sites for hydroxylation is 1. The first kappa shape index (κ1) is 13.5. The molecule has 2 aromatic rings. The molecule has 0 aliphatic rings. The maximum atomic E-state index is 11.9. The molecule has 4 nitrogen and oxygen atoms in total. The van der Waals surface area contributed by atoms with E-state index in [2.05, 4.69) is 5.32 Å². The quantitative estimate of drug-likeness (QED) is 0.662. The summed E-state index contributed by atoms with van der Waals surface area (Å²) in [6.07, 6.45) is -1.53. The van der Waals surface area contributed by atoms with E-state index in [4.69, 9.17) is 0 Å². The van der Waals surface area contributed by atoms with Crippen molar-refractivity contribution in [3.63, 3.8) is 0 Å². The number of nitrogens with one attached hydrogen (secondary N) is 1. The van der Waals surface area contributed by atoms with Crippen molar-refractivity contribution < 1.29 is 14.7 Å². The number of hydrogen-bond donors (Lipinski definition) is 2. The topological polar surface area (TPSA) is 66.4 Å². The van der Waals surface area contributed by atoms with Crippen LogP contribution in [0.2, 0.25) is 0 Å². The van der Waals surface area contributed by atoms with E-state index < -0.39 is 17.9 Å². The van der Waals surface area contributed by atoms with Gasteiger partial charge in [0, 0.05) is 5.56 Å². The van der Waals surface area contributed by atoms with Crippen LogP contribution in [0, 0.1) is 6.92 Å². The van der Waals surface area contributed by atoms with Gasteiger partial charge in [-0.15, -0.1) is 11.3 Å². The number of rotatable bonds is 4. The van der Waals surface area contributed by atoms with Gasteiger partial charge in [-0.2, -0.15) is 0 Å². The summed E-state index contributed by atoms with van der Waals surface area (Å²) in [5.41, 5.74) is 1.39. The normalized spacial score (nSPS) is 11.9. The first-order valence-electron chi connectivity index (χ1n) is 5.71. The highest BCUT2D eigenvalue weighted by Crippen LogP contribution is 2.09. The number of aliphatic hydroxyl groups is 1. The second-order valence-corrected chi connectivity index (χ2v) is 5.03. The van der Waals surface area contributed by atoms with Gasteiger partial charge in [-0.1, -0.05) is 35.9 Å². The van der Waals surface area contributed by atoms with Crippen LogP contribution in [0.25, 0.3) is 0 Å². The molecule has 2 N–H and O–H groups in total. The first-order valence-corrected chi connectivity index (χ1v) is 6.59. The molecule has 1 amide bonds. The zero-order chi connectivity index (χ0) is 13.8. The average molecular weight is 275 g/mol. The third kappa shape index (κ3) is 3.27. The number of Topliss-reactive ketones (excluding diaryl/α,β-unsaturated/α-hetero) is 1. The Morgan fingerprint density at radius 2 is 1.89 bits per heavy atom. The lowest BCUT2D eigenvalue weighted by atomic mass is 10.1. The fourth-order valence-electron chi connectivity index (χ4n) is 1.54. The van der Waals surface area contributed by atoms with Crippen LogP contribution < -0.4 is 5.32 Å². The molecule has 0 fully saturated rings. The zero-order valence-electron chi connectivity index (χ0n) is 10.3. The smallest absolute Gasteiger partial charge is 0.263 e. The fourth-order valence-corrected chi connectivity index (χ4v) is 2.17. The number of amides is 1. The lowest BCUT2D eigenvalue weighted by molar-refractivity contribution is 0.0609. The molecule has 1 aromatic carbocycles. The number of ketones is 1. The summed E-state index contributed by atoms with van der Waals surface area (Å²) in [5.74, 6) is -0.979. The Hall–Kier alpha value is -1.98. The van der Waals surface area contributed by atoms with Crippen LogP contribution in [0.15, 0.2) is 41.8 Å². The third-order valence-electron chi connectivity index (χ3n) is 2.60. The molecule has 0 saturated heterocycles. The largest absolute Gasteiger partial charge is 0.367 e. The highest BCUT2D eigenvalue weighted by molar-refractivity contribution is 7.12. The Balaban J connectivity index is 2.03. The average Bonchev–Trinajstić information content (AvgIpc) is 2.92. The molecule has 19 heavy (non-hydrogen) atoms. The lowest BCUT2D eigenvalue weighted by Crippen LogP contribution is -2.40. The number of thiophene rings is 1. The van der Waals surface area contributed by atoms with Gasteiger partial charge in [0.15, 0.2) is 6.23 Å². The van der Waals surface area contributed by atoms with Crippen molar-refractivity contribution in [3.8, 4) is 0 Å². The van der Waals surface area contributed by atoms with Crippen molar-refractivity contribution in [1.29, 1.82) is 0 Å². The summed E-state index contributed by atoms with van der Waals surface area (Å²) in [7, 11) is 0. The summed E-state index contributed by atoms with van der Waals surface area (Å²) in [6, 6.07) is 10.2. The van der Waals surface area contributed by atoms with Crippen molar-refractivity contribution in [2.75, 3.05) is 0 Å². The van der Waals surface area contributed by atoms with Crippen LogP contribution in [0.3, 0.4) is 0 Å². The summed E-state index contributed by atoms with van der Waals surface area (Å²) in [5, 5.41) is 13.8. The van der Waals surface area contributed by atoms with Gasteiger partial charge in [-0.3, -0.25) is 9.59 Å². The molecule has 2 rings (SSSR count). The van der Waals surface area contributed by atoms with E-state index in [0.717, 1.165) is 5.56 Å². The Morgan fingerprint density at radius 1 is 1.21 bits per heavy atom. The fraction of sp³-hybridized carbons (Fsp3) is 0.143. The van der Waals surface area contributed by atoms with Crippen LogP contribution in [0.1, 0.15) is 25.6 Å². The van der Waals surface area contributed by atoms with Gasteiger partial charge < -0.3 is 10.4 Å². The maximum Gasteiger partial charge on any atom is 0.263 e. The molecular formula is C14H13NO3S. The van der Waals surface area contributed by atoms with Crippen molar-refractivity contribution in [1.82, 2.24) is 5.32 Å². The first-order chi connectivity index (χ1) is 9.08. The van der Waals surface area contributed by atoms with Gasteiger partial charge in [0.1, 0.15) is 0 Å². The maximum absolute atomic E-state index is 11.9. The number of aliphatic hydroxyl groups excluding tert-OH is 1. The highest BCUT2D eigenvalue weighted by Gasteiger charge is 2.20. The summed E-state index contributed by atoms with van der Waals surface area (Å²) in [4.78, 5) is 24.0. The molecule has 0 spiro atoms. The number of hydrogen-bond acceptors (Lipinski definition) is 4. The number of carbonyl (C=O) groups is 2. The van der Waals surface area contributed by atoms with E-state index in [1.54, 1.807) is 41.8 Å². The molecule has 0 bridgehead atoms. The van der Waals surface area contributed by atoms with Gasteiger partial charge in [0.25, 0.3) is 5.91 Å². The van der Waals surface area contributed by atoms with E-state index >= 15 is 0 Å². The Bertz CT molecular complexity index is 575. The van der Waals surface area contributed by atoms with Gasteiger partial charge in [-0.05, 0) is 18.4 Å². The summed E-state index contributed by atoms with van der Waals surface area (Å²) >= 11 is 1.25. The molecule has 0 unspecified atom stereocenters. The van der Waals surface area contributed by atoms with Crippen LogP contribution in [-0.2, 0) is 0 Å². The Labute approximate surface area is 114 Å². The third-order valence-corrected chi connectivity index (χ3v) is 3.47. The summed E-state index contributed by atoms with van der Waals surface area (Å²) < 4.78 is 0. The number of carbonyl (C=O) groups excluding carboxylic acids is 2. The highest BCUT2D eigenvalue weighted by atomic mass is 32.1. The lowest BCUT2D eigenvalue weighted by Gasteiger charge is -2.11. The molecule has 1 aromatic heterocycles. The van der Waals surface area contributed by atoms with Gasteiger partial charge in [0.05, 0.1) is 4.88 Å². The SMILES string of the molecule is Cc1ccc(C(=O)[C@H](O)NC(=O)c2cccs2)cc1. The zero-order valence-corrected chi connectivity index (χ0v) is 11.1. The van der Waals surface area contributed by atoms with Gasteiger partial charge in [-0.25, -0.2) is 0 Å². The van der Waals surface area contributed by atoms with Crippen LogP contribution in [-0.4, -0.2) is 23.0 Å². The van der Waals surface area contributed by atoms with Crippen LogP contribution in [0.5, 0.6) is 0 Å². The molecule has 0 saturated carbocycles. The van der Waals surface area contributed by atoms with Crippen LogP contribution in [0.4, 0.5) is 0 Å². The van der Waals surface area contributed by atoms with E-state index in [1.807, 2.05) is 6.92 Å². The summed E-state index contributed by atoms with van der Waals surface area (Å²) in [6.45, 7) is 1.91. The van der Waals surface area contributed by atoms with E-state index in [9.17, 15) is 14.7 Å². The molecule has 0 radical (unpaired) electrons. The minimum absolute atomic E-state index is 0.365. The Morgan fingerprint density at radius 3 is 2.47 bits per heavy atom. The van der Waals surface area contributed by atoms with Gasteiger partial charge >= 0.3 is 0 Å². The molecule has 98 valence electrons. The molecule has 1 heterocycles. The molecular weight excluding hydrogens is 262 g/mol. The molecule has 0 aliphatic heterocycles. The van der Waals surface area contributed by atoms with E-state index in [0.29, 0.717) is 10.4 Å². The standard InChI is InChI=1S/C14H13NO3S/c1-9-4-6-10(7-5-9)12(16)14(18)15-13(17)11-3-2-8-19-11/h2-8,14,18H,1H3,(H,15,17)/t14-/m0/s1. The molecule has 1 atom stereocenters. The minimum Gasteiger partial charge on any atom is -0.367 e. The minimum atomic E-state index is -1.53. The molecule has 0 aliphatic carbocycles.